The molecule has 2 aromatic rings. The normalized spacial score (nSPS) is 10.7. The van der Waals surface area contributed by atoms with E-state index in [9.17, 15) is 9.18 Å². The van der Waals surface area contributed by atoms with Gasteiger partial charge in [0.1, 0.15) is 11.4 Å². The highest BCUT2D eigenvalue weighted by atomic mass is 19.1. The van der Waals surface area contributed by atoms with E-state index in [4.69, 9.17) is 9.63 Å². The summed E-state index contributed by atoms with van der Waals surface area (Å²) in [7, 11) is 0. The maximum absolute atomic E-state index is 13.0. The summed E-state index contributed by atoms with van der Waals surface area (Å²) in [6.45, 7) is 1.62. The molecule has 1 aromatic heterocycles. The third kappa shape index (κ3) is 1.14. The zero-order valence-corrected chi connectivity index (χ0v) is 7.24. The minimum absolute atomic E-state index is 0.108. The molecule has 0 unspecified atom stereocenters. The van der Waals surface area contributed by atoms with Gasteiger partial charge in [-0.2, -0.15) is 0 Å². The smallest absolute Gasteiger partial charge is 0.339 e. The van der Waals surface area contributed by atoms with Crippen LogP contribution in [0.1, 0.15) is 16.1 Å². The number of benzene rings is 1. The fraction of sp³-hybridized carbons (Fsp3) is 0.111. The van der Waals surface area contributed by atoms with Gasteiger partial charge in [-0.1, -0.05) is 5.16 Å². The molecule has 0 spiro atoms. The lowest BCUT2D eigenvalue weighted by molar-refractivity contribution is 0.0697. The molecule has 14 heavy (non-hydrogen) atoms. The van der Waals surface area contributed by atoms with Crippen molar-refractivity contribution >= 4 is 16.9 Å². The quantitative estimate of drug-likeness (QED) is 0.755. The summed E-state index contributed by atoms with van der Waals surface area (Å²) in [5.41, 5.74) is 0.374. The summed E-state index contributed by atoms with van der Waals surface area (Å²) in [5.74, 6) is -1.84. The first-order chi connectivity index (χ1) is 6.59. The largest absolute Gasteiger partial charge is 0.478 e. The molecule has 1 heterocycles. The molecule has 1 N–H and O–H groups in total. The molecule has 0 radical (unpaired) electrons. The first-order valence-electron chi connectivity index (χ1n) is 3.88. The van der Waals surface area contributed by atoms with Crippen LogP contribution in [0, 0.1) is 12.7 Å². The number of rotatable bonds is 1. The van der Waals surface area contributed by atoms with Crippen LogP contribution in [-0.4, -0.2) is 16.2 Å². The highest BCUT2D eigenvalue weighted by Crippen LogP contribution is 2.23. The van der Waals surface area contributed by atoms with Crippen molar-refractivity contribution in [1.82, 2.24) is 5.16 Å². The van der Waals surface area contributed by atoms with E-state index in [1.165, 1.54) is 6.07 Å². The minimum Gasteiger partial charge on any atom is -0.478 e. The SMILES string of the molecule is Cc1noc2c(C(=O)O)cc(F)cc12. The van der Waals surface area contributed by atoms with Crippen molar-refractivity contribution in [1.29, 1.82) is 0 Å². The van der Waals surface area contributed by atoms with Crippen molar-refractivity contribution in [2.75, 3.05) is 0 Å². The van der Waals surface area contributed by atoms with Crippen molar-refractivity contribution in [2.45, 2.75) is 6.92 Å². The van der Waals surface area contributed by atoms with Crippen LogP contribution < -0.4 is 0 Å². The summed E-state index contributed by atoms with van der Waals surface area (Å²) in [6, 6.07) is 2.11. The zero-order valence-electron chi connectivity index (χ0n) is 7.24. The van der Waals surface area contributed by atoms with E-state index in [1.54, 1.807) is 6.92 Å². The summed E-state index contributed by atoms with van der Waals surface area (Å²) >= 11 is 0. The van der Waals surface area contributed by atoms with Crippen LogP contribution in [0.25, 0.3) is 11.0 Å². The topological polar surface area (TPSA) is 63.3 Å². The molecule has 0 saturated carbocycles. The Morgan fingerprint density at radius 1 is 1.57 bits per heavy atom. The van der Waals surface area contributed by atoms with Gasteiger partial charge in [0, 0.05) is 5.39 Å². The van der Waals surface area contributed by atoms with E-state index in [0.717, 1.165) is 6.07 Å². The van der Waals surface area contributed by atoms with Crippen LogP contribution >= 0.6 is 0 Å². The molecule has 0 atom stereocenters. The molecule has 2 rings (SSSR count). The maximum atomic E-state index is 13.0. The van der Waals surface area contributed by atoms with Gasteiger partial charge >= 0.3 is 5.97 Å². The highest BCUT2D eigenvalue weighted by molar-refractivity contribution is 6.01. The summed E-state index contributed by atoms with van der Waals surface area (Å²) in [4.78, 5) is 10.7. The van der Waals surface area contributed by atoms with Crippen LogP contribution in [0.15, 0.2) is 16.7 Å². The molecule has 0 aliphatic carbocycles. The first-order valence-corrected chi connectivity index (χ1v) is 3.88. The molecule has 5 heteroatoms. The zero-order chi connectivity index (χ0) is 10.3. The van der Waals surface area contributed by atoms with Crippen molar-refractivity contribution in [3.05, 3.63) is 29.2 Å². The predicted octanol–water partition coefficient (Wildman–Crippen LogP) is 1.97. The Balaban J connectivity index is 2.88. The van der Waals surface area contributed by atoms with Crippen molar-refractivity contribution in [3.8, 4) is 0 Å². The predicted molar refractivity (Wildman–Crippen MR) is 45.7 cm³/mol. The number of hydrogen-bond acceptors (Lipinski definition) is 3. The standard InChI is InChI=1S/C9H6FNO3/c1-4-6-2-5(10)3-7(9(12)13)8(6)14-11-4/h2-3H,1H3,(H,12,13). The molecule has 72 valence electrons. The number of hydrogen-bond donors (Lipinski definition) is 1. The van der Waals surface area contributed by atoms with Crippen LogP contribution in [0.3, 0.4) is 0 Å². The number of aromatic nitrogens is 1. The number of aromatic carboxylic acids is 1. The van der Waals surface area contributed by atoms with Crippen LogP contribution in [0.2, 0.25) is 0 Å². The summed E-state index contributed by atoms with van der Waals surface area (Å²) in [5, 5.41) is 12.7. The minimum atomic E-state index is -1.23. The van der Waals surface area contributed by atoms with Crippen LogP contribution in [0.4, 0.5) is 4.39 Å². The van der Waals surface area contributed by atoms with E-state index in [1.807, 2.05) is 0 Å². The van der Waals surface area contributed by atoms with E-state index in [2.05, 4.69) is 5.16 Å². The number of nitrogens with zero attached hydrogens (tertiary/aromatic N) is 1. The Morgan fingerprint density at radius 2 is 2.29 bits per heavy atom. The van der Waals surface area contributed by atoms with Crippen molar-refractivity contribution in [2.24, 2.45) is 0 Å². The molecule has 0 fully saturated rings. The van der Waals surface area contributed by atoms with Gasteiger partial charge in [0.2, 0.25) is 0 Å². The van der Waals surface area contributed by atoms with Gasteiger partial charge in [-0.15, -0.1) is 0 Å². The van der Waals surface area contributed by atoms with Gasteiger partial charge in [-0.25, -0.2) is 9.18 Å². The Labute approximate surface area is 77.9 Å². The average Bonchev–Trinajstić information content (AvgIpc) is 2.47. The van der Waals surface area contributed by atoms with Gasteiger partial charge in [0.15, 0.2) is 5.58 Å². The number of aryl methyl sites for hydroxylation is 1. The molecule has 0 aliphatic rings. The lowest BCUT2D eigenvalue weighted by Crippen LogP contribution is -1.97. The van der Waals surface area contributed by atoms with Gasteiger partial charge < -0.3 is 9.63 Å². The maximum Gasteiger partial charge on any atom is 0.339 e. The Hall–Kier alpha value is -1.91. The van der Waals surface area contributed by atoms with E-state index < -0.39 is 11.8 Å². The second kappa shape index (κ2) is 2.80. The Bertz CT molecular complexity index is 518. The summed E-state index contributed by atoms with van der Waals surface area (Å²) in [6.07, 6.45) is 0. The second-order valence-electron chi connectivity index (χ2n) is 2.90. The number of carboxylic acids is 1. The fourth-order valence-electron chi connectivity index (χ4n) is 1.28. The van der Waals surface area contributed by atoms with Crippen LogP contribution in [-0.2, 0) is 0 Å². The third-order valence-corrected chi connectivity index (χ3v) is 1.95. The Morgan fingerprint density at radius 3 is 2.93 bits per heavy atom. The molecule has 0 amide bonds. The van der Waals surface area contributed by atoms with Gasteiger partial charge in [-0.3, -0.25) is 0 Å². The molecule has 0 aliphatic heterocycles. The summed E-state index contributed by atoms with van der Waals surface area (Å²) < 4.78 is 17.8. The molecule has 0 saturated heterocycles. The van der Waals surface area contributed by atoms with Crippen molar-refractivity contribution < 1.29 is 18.8 Å². The van der Waals surface area contributed by atoms with Gasteiger partial charge in [-0.05, 0) is 19.1 Å². The number of carbonyl (C=O) groups is 1. The number of halogens is 1. The molecular formula is C9H6FNO3. The number of carboxylic acid groups (broad SMARTS) is 1. The fourth-order valence-corrected chi connectivity index (χ4v) is 1.28. The second-order valence-corrected chi connectivity index (χ2v) is 2.90. The van der Waals surface area contributed by atoms with Crippen molar-refractivity contribution in [3.63, 3.8) is 0 Å². The lowest BCUT2D eigenvalue weighted by Gasteiger charge is -1.95. The van der Waals surface area contributed by atoms with E-state index in [0.29, 0.717) is 11.1 Å². The van der Waals surface area contributed by atoms with E-state index >= 15 is 0 Å². The molecule has 4 nitrogen and oxygen atoms in total. The van der Waals surface area contributed by atoms with Gasteiger partial charge in [0.05, 0.1) is 5.69 Å². The molecule has 1 aromatic carbocycles. The monoisotopic (exact) mass is 195 g/mol. The molecule has 0 bridgehead atoms. The van der Waals surface area contributed by atoms with E-state index in [-0.39, 0.29) is 11.1 Å². The lowest BCUT2D eigenvalue weighted by atomic mass is 10.1. The third-order valence-electron chi connectivity index (χ3n) is 1.95. The average molecular weight is 195 g/mol. The Kier molecular flexibility index (Phi) is 1.73. The number of fused-ring (bicyclic) bond motifs is 1. The highest BCUT2D eigenvalue weighted by Gasteiger charge is 2.16. The van der Waals surface area contributed by atoms with Crippen LogP contribution in [0.5, 0.6) is 0 Å². The first kappa shape index (κ1) is 8.68. The van der Waals surface area contributed by atoms with Gasteiger partial charge in [0.25, 0.3) is 0 Å². The molecular weight excluding hydrogens is 189 g/mol.